The molecule has 1 unspecified atom stereocenters. The van der Waals surface area contributed by atoms with E-state index in [-0.39, 0.29) is 11.5 Å². The molecule has 1 atom stereocenters. The van der Waals surface area contributed by atoms with E-state index in [9.17, 15) is 9.59 Å². The zero-order valence-corrected chi connectivity index (χ0v) is 8.97. The van der Waals surface area contributed by atoms with Crippen molar-refractivity contribution in [1.29, 1.82) is 0 Å². The van der Waals surface area contributed by atoms with E-state index < -0.39 is 12.1 Å². The average molecular weight is 224 g/mol. The molecule has 5 nitrogen and oxygen atoms in total. The third kappa shape index (κ3) is 2.80. The molecule has 5 heteroatoms. The van der Waals surface area contributed by atoms with Crippen molar-refractivity contribution in [3.63, 3.8) is 0 Å². The Bertz CT molecular complexity index is 389. The number of carboxylic acids is 1. The number of ether oxygens (including phenoxy) is 2. The topological polar surface area (TPSA) is 72.8 Å². The second-order valence-corrected chi connectivity index (χ2v) is 3.07. The number of carbonyl (C=O) groups is 2. The first-order chi connectivity index (χ1) is 7.58. The van der Waals surface area contributed by atoms with Crippen LogP contribution in [-0.2, 0) is 19.1 Å². The minimum atomic E-state index is -1.06. The summed E-state index contributed by atoms with van der Waals surface area (Å²) in [5.41, 5.74) is 0.561. The van der Waals surface area contributed by atoms with Crippen LogP contribution in [0.25, 0.3) is 0 Å². The molecule has 1 aliphatic carbocycles. The highest BCUT2D eigenvalue weighted by Gasteiger charge is 2.24. The molecule has 0 heterocycles. The summed E-state index contributed by atoms with van der Waals surface area (Å²) in [6.07, 6.45) is 4.63. The number of carbonyl (C=O) groups excluding carboxylic acids is 1. The molecular weight excluding hydrogens is 212 g/mol. The van der Waals surface area contributed by atoms with Gasteiger partial charge in [0.2, 0.25) is 5.78 Å². The average Bonchev–Trinajstić information content (AvgIpc) is 2.27. The minimum absolute atomic E-state index is 0.152. The smallest absolute Gasteiger partial charge is 0.328 e. The highest BCUT2D eigenvalue weighted by Crippen LogP contribution is 2.18. The van der Waals surface area contributed by atoms with Crippen molar-refractivity contribution in [1.82, 2.24) is 0 Å². The molecule has 0 aliphatic heterocycles. The molecule has 0 aromatic carbocycles. The molecule has 0 saturated heterocycles. The number of Topliss-reactive ketones (excluding diaryl/α,β-unsaturated/α-hetero) is 1. The van der Waals surface area contributed by atoms with Crippen molar-refractivity contribution in [2.45, 2.75) is 6.10 Å². The SMILES string of the molecule is COC1=CC(C=CC(=O)O)=CC(OC)C1=O. The fourth-order valence-electron chi connectivity index (χ4n) is 1.27. The molecule has 0 amide bonds. The lowest BCUT2D eigenvalue weighted by Crippen LogP contribution is -2.26. The summed E-state index contributed by atoms with van der Waals surface area (Å²) in [7, 11) is 2.77. The van der Waals surface area contributed by atoms with Crippen molar-refractivity contribution >= 4 is 11.8 Å². The lowest BCUT2D eigenvalue weighted by Gasteiger charge is -2.17. The molecule has 86 valence electrons. The molecule has 0 fully saturated rings. The first-order valence-electron chi connectivity index (χ1n) is 4.54. The molecular formula is C11H12O5. The second-order valence-electron chi connectivity index (χ2n) is 3.07. The third-order valence-electron chi connectivity index (χ3n) is 2.04. The molecule has 0 spiro atoms. The lowest BCUT2D eigenvalue weighted by molar-refractivity contribution is -0.131. The normalized spacial score (nSPS) is 20.6. The quantitative estimate of drug-likeness (QED) is 0.711. The molecule has 0 aromatic rings. The molecule has 1 N–H and O–H groups in total. The van der Waals surface area contributed by atoms with Crippen molar-refractivity contribution in [2.24, 2.45) is 0 Å². The standard InChI is InChI=1S/C11H12O5/c1-15-8-5-7(3-4-10(12)13)6-9(16-2)11(8)14/h3-6,8H,1-2H3,(H,12,13). The molecule has 0 bridgehead atoms. The first kappa shape index (κ1) is 12.2. The van der Waals surface area contributed by atoms with Gasteiger partial charge in [0, 0.05) is 13.2 Å². The van der Waals surface area contributed by atoms with E-state index in [0.717, 1.165) is 6.08 Å². The Morgan fingerprint density at radius 3 is 2.69 bits per heavy atom. The Labute approximate surface area is 92.7 Å². The largest absolute Gasteiger partial charge is 0.493 e. The van der Waals surface area contributed by atoms with Gasteiger partial charge in [-0.15, -0.1) is 0 Å². The number of rotatable bonds is 4. The predicted octanol–water partition coefficient (Wildman–Crippen LogP) is 0.682. The number of methoxy groups -OCH3 is 2. The molecule has 1 aliphatic rings. The van der Waals surface area contributed by atoms with Crippen molar-refractivity contribution in [3.8, 4) is 0 Å². The van der Waals surface area contributed by atoms with Crippen LogP contribution in [0.4, 0.5) is 0 Å². The van der Waals surface area contributed by atoms with Crippen LogP contribution in [0.5, 0.6) is 0 Å². The van der Waals surface area contributed by atoms with Gasteiger partial charge in [-0.25, -0.2) is 4.79 Å². The van der Waals surface area contributed by atoms with Gasteiger partial charge in [0.1, 0.15) is 6.10 Å². The van der Waals surface area contributed by atoms with E-state index in [0.29, 0.717) is 5.57 Å². The van der Waals surface area contributed by atoms with Crippen LogP contribution in [0.2, 0.25) is 0 Å². The van der Waals surface area contributed by atoms with Gasteiger partial charge >= 0.3 is 5.97 Å². The maximum absolute atomic E-state index is 11.6. The Hall–Kier alpha value is -1.88. The van der Waals surface area contributed by atoms with Gasteiger partial charge in [-0.1, -0.05) is 0 Å². The van der Waals surface area contributed by atoms with Crippen molar-refractivity contribution in [3.05, 3.63) is 35.6 Å². The summed E-state index contributed by atoms with van der Waals surface area (Å²) >= 11 is 0. The van der Waals surface area contributed by atoms with Crippen LogP contribution in [0, 0.1) is 0 Å². The maximum atomic E-state index is 11.6. The van der Waals surface area contributed by atoms with Crippen LogP contribution < -0.4 is 0 Å². The predicted molar refractivity (Wildman–Crippen MR) is 55.8 cm³/mol. The van der Waals surface area contributed by atoms with Crippen LogP contribution in [0.15, 0.2) is 35.6 Å². The van der Waals surface area contributed by atoms with Crippen molar-refractivity contribution < 1.29 is 24.2 Å². The third-order valence-corrected chi connectivity index (χ3v) is 2.04. The van der Waals surface area contributed by atoms with Crippen LogP contribution in [0.1, 0.15) is 0 Å². The van der Waals surface area contributed by atoms with Gasteiger partial charge in [0.15, 0.2) is 5.76 Å². The Kier molecular flexibility index (Phi) is 4.02. The van der Waals surface area contributed by atoms with Gasteiger partial charge in [-0.3, -0.25) is 4.79 Å². The summed E-state index contributed by atoms with van der Waals surface area (Å²) < 4.78 is 9.83. The number of carboxylic acid groups (broad SMARTS) is 1. The lowest BCUT2D eigenvalue weighted by atomic mass is 10.0. The van der Waals surface area contributed by atoms with E-state index >= 15 is 0 Å². The Morgan fingerprint density at radius 1 is 1.50 bits per heavy atom. The molecule has 0 radical (unpaired) electrons. The van der Waals surface area contributed by atoms with Crippen molar-refractivity contribution in [2.75, 3.05) is 14.2 Å². The monoisotopic (exact) mass is 224 g/mol. The van der Waals surface area contributed by atoms with E-state index in [1.807, 2.05) is 0 Å². The van der Waals surface area contributed by atoms with Gasteiger partial charge in [0.05, 0.1) is 7.11 Å². The number of allylic oxidation sites excluding steroid dienone is 3. The number of ketones is 1. The summed E-state index contributed by atoms with van der Waals surface area (Å²) in [5, 5.41) is 8.48. The van der Waals surface area contributed by atoms with Crippen LogP contribution in [-0.4, -0.2) is 37.2 Å². The van der Waals surface area contributed by atoms with E-state index in [2.05, 4.69) is 0 Å². The Balaban J connectivity index is 2.96. The highest BCUT2D eigenvalue weighted by atomic mass is 16.5. The summed E-state index contributed by atoms with van der Waals surface area (Å²) in [6.45, 7) is 0. The van der Waals surface area contributed by atoms with E-state index in [1.54, 1.807) is 0 Å². The number of hydrogen-bond donors (Lipinski definition) is 1. The summed E-state index contributed by atoms with van der Waals surface area (Å²) in [4.78, 5) is 21.9. The molecule has 0 saturated carbocycles. The summed E-state index contributed by atoms with van der Waals surface area (Å²) in [6, 6.07) is 0. The van der Waals surface area contributed by atoms with Crippen LogP contribution in [0.3, 0.4) is 0 Å². The van der Waals surface area contributed by atoms with E-state index in [4.69, 9.17) is 14.6 Å². The van der Waals surface area contributed by atoms with Gasteiger partial charge in [-0.2, -0.15) is 0 Å². The van der Waals surface area contributed by atoms with Gasteiger partial charge < -0.3 is 14.6 Å². The number of aliphatic carboxylic acids is 1. The van der Waals surface area contributed by atoms with Crippen LogP contribution >= 0.6 is 0 Å². The fourth-order valence-corrected chi connectivity index (χ4v) is 1.27. The Morgan fingerprint density at radius 2 is 2.19 bits per heavy atom. The second kappa shape index (κ2) is 5.27. The zero-order chi connectivity index (χ0) is 12.1. The highest BCUT2D eigenvalue weighted by molar-refractivity contribution is 6.00. The molecule has 1 rings (SSSR count). The van der Waals surface area contributed by atoms with E-state index in [1.165, 1.54) is 32.4 Å². The first-order valence-corrected chi connectivity index (χ1v) is 4.54. The van der Waals surface area contributed by atoms with Gasteiger partial charge in [-0.05, 0) is 23.8 Å². The zero-order valence-electron chi connectivity index (χ0n) is 8.97. The minimum Gasteiger partial charge on any atom is -0.493 e. The fraction of sp³-hybridized carbons (Fsp3) is 0.273. The molecule has 16 heavy (non-hydrogen) atoms. The summed E-state index contributed by atoms with van der Waals surface area (Å²) in [5.74, 6) is -1.18. The number of hydrogen-bond acceptors (Lipinski definition) is 4. The maximum Gasteiger partial charge on any atom is 0.328 e. The molecule has 0 aromatic heterocycles. The van der Waals surface area contributed by atoms with Gasteiger partial charge in [0.25, 0.3) is 0 Å².